The van der Waals surface area contributed by atoms with Crippen LogP contribution in [0.3, 0.4) is 0 Å². The van der Waals surface area contributed by atoms with Crippen molar-refractivity contribution in [1.82, 2.24) is 0 Å². The largest absolute Gasteiger partial charge is 0.250 e. The Bertz CT molecular complexity index is 148. The summed E-state index contributed by atoms with van der Waals surface area (Å²) in [5.74, 6) is 2.67. The van der Waals surface area contributed by atoms with Crippen molar-refractivity contribution in [3.05, 3.63) is 0 Å². The molecule has 0 aliphatic carbocycles. The van der Waals surface area contributed by atoms with E-state index in [9.17, 15) is 4.89 Å². The summed E-state index contributed by atoms with van der Waals surface area (Å²) < 4.78 is 0. The van der Waals surface area contributed by atoms with Gasteiger partial charge in [0, 0.05) is 0 Å². The van der Waals surface area contributed by atoms with Gasteiger partial charge in [-0.25, -0.2) is 0 Å². The maximum absolute atomic E-state index is 9.83. The van der Waals surface area contributed by atoms with Gasteiger partial charge < -0.3 is 0 Å². The minimum absolute atomic E-state index is 0.520. The molecule has 1 nitrogen and oxygen atoms in total. The zero-order chi connectivity index (χ0) is 10.1. The van der Waals surface area contributed by atoms with Crippen molar-refractivity contribution in [1.29, 1.82) is 0 Å². The molecule has 13 heavy (non-hydrogen) atoms. The lowest BCUT2D eigenvalue weighted by Gasteiger charge is -2.05. The normalized spacial score (nSPS) is 14.6. The number of hydrogen-bond donors (Lipinski definition) is 2. The Morgan fingerprint density at radius 1 is 1.31 bits per heavy atom. The van der Waals surface area contributed by atoms with E-state index in [1.165, 1.54) is 25.7 Å². The van der Waals surface area contributed by atoms with Gasteiger partial charge in [-0.3, -0.25) is 0 Å². The first-order valence-corrected chi connectivity index (χ1v) is 7.24. The fourth-order valence-corrected chi connectivity index (χ4v) is 3.35. The second kappa shape index (κ2) is 9.05. The lowest BCUT2D eigenvalue weighted by molar-refractivity contribution is 0.573. The van der Waals surface area contributed by atoms with Crippen LogP contribution in [0.2, 0.25) is 0 Å². The van der Waals surface area contributed by atoms with E-state index in [0.29, 0.717) is 11.4 Å². The molecule has 0 rings (SSSR count). The van der Waals surface area contributed by atoms with Crippen molar-refractivity contribution < 1.29 is 4.89 Å². The van der Waals surface area contributed by atoms with Gasteiger partial charge >= 0.3 is 0 Å². The first kappa shape index (κ1) is 13.5. The summed E-state index contributed by atoms with van der Waals surface area (Å²) in [5.41, 5.74) is 0.520. The molecule has 0 saturated heterocycles. The standard InChI is InChI=1S/C10H21OPS/c1-3-5-7-10(6-4-2)12(11)8-9-13/h8,10H,3-7,9H2,1-2H3,(H-,11,13)/p+1. The van der Waals surface area contributed by atoms with E-state index < -0.39 is 7.77 Å². The summed E-state index contributed by atoms with van der Waals surface area (Å²) in [6, 6.07) is 0. The minimum atomic E-state index is -0.863. The molecule has 2 atom stereocenters. The highest BCUT2D eigenvalue weighted by Gasteiger charge is 2.21. The highest BCUT2D eigenvalue weighted by atomic mass is 32.1. The van der Waals surface area contributed by atoms with E-state index in [1.54, 1.807) is 0 Å². The number of hydrogen-bond acceptors (Lipinski definition) is 2. The van der Waals surface area contributed by atoms with E-state index in [-0.39, 0.29) is 0 Å². The third kappa shape index (κ3) is 6.54. The smallest absolute Gasteiger partial charge is 0.193 e. The van der Waals surface area contributed by atoms with Gasteiger partial charge in [-0.2, -0.15) is 17.5 Å². The molecule has 0 aliphatic rings. The van der Waals surface area contributed by atoms with Crippen LogP contribution in [0.4, 0.5) is 0 Å². The maximum atomic E-state index is 9.83. The van der Waals surface area contributed by atoms with E-state index in [0.717, 1.165) is 6.42 Å². The van der Waals surface area contributed by atoms with Gasteiger partial charge in [0.15, 0.2) is 0 Å². The molecule has 3 heteroatoms. The van der Waals surface area contributed by atoms with Gasteiger partial charge in [-0.15, -0.1) is 0 Å². The molecule has 0 aromatic heterocycles. The Balaban J connectivity index is 3.98. The average molecular weight is 221 g/mol. The summed E-state index contributed by atoms with van der Waals surface area (Å²) in [6.45, 7) is 4.38. The van der Waals surface area contributed by atoms with Crippen LogP contribution in [0.5, 0.6) is 0 Å². The summed E-state index contributed by atoms with van der Waals surface area (Å²) in [6.07, 6.45) is 5.98. The van der Waals surface area contributed by atoms with E-state index in [4.69, 9.17) is 0 Å². The van der Waals surface area contributed by atoms with Crippen LogP contribution in [0, 0.1) is 0 Å². The molecule has 0 radical (unpaired) electrons. The topological polar surface area (TPSA) is 20.2 Å². The van der Waals surface area contributed by atoms with E-state index in [2.05, 4.69) is 26.5 Å². The van der Waals surface area contributed by atoms with Crippen LogP contribution in [-0.4, -0.2) is 22.1 Å². The Kier molecular flexibility index (Phi) is 9.39. The van der Waals surface area contributed by atoms with Crippen molar-refractivity contribution >= 4 is 26.2 Å². The van der Waals surface area contributed by atoms with Crippen molar-refractivity contribution in [2.24, 2.45) is 0 Å². The lowest BCUT2D eigenvalue weighted by Crippen LogP contribution is -2.03. The SMILES string of the molecule is CCCCC(CCC)[P+](O)=CCS. The molecular weight excluding hydrogens is 199 g/mol. The Morgan fingerprint density at radius 2 is 2.00 bits per heavy atom. The molecule has 0 bridgehead atoms. The highest BCUT2D eigenvalue weighted by molar-refractivity contribution is 7.81. The number of rotatable bonds is 7. The maximum Gasteiger partial charge on any atom is 0.250 e. The van der Waals surface area contributed by atoms with Gasteiger partial charge in [0.25, 0.3) is 7.77 Å². The van der Waals surface area contributed by atoms with Gasteiger partial charge in [-0.05, 0) is 19.3 Å². The third-order valence-electron chi connectivity index (χ3n) is 2.16. The number of unbranched alkanes of at least 4 members (excludes halogenated alkanes) is 1. The van der Waals surface area contributed by atoms with Crippen LogP contribution in [0.15, 0.2) is 0 Å². The lowest BCUT2D eigenvalue weighted by atomic mass is 10.1. The van der Waals surface area contributed by atoms with E-state index >= 15 is 0 Å². The van der Waals surface area contributed by atoms with Gasteiger partial charge in [0.1, 0.15) is 11.5 Å². The van der Waals surface area contributed by atoms with Crippen molar-refractivity contribution in [3.8, 4) is 0 Å². The molecule has 0 aromatic rings. The third-order valence-corrected chi connectivity index (χ3v) is 4.45. The van der Waals surface area contributed by atoms with Crippen molar-refractivity contribution in [2.75, 3.05) is 5.75 Å². The molecule has 0 saturated carbocycles. The molecule has 0 aromatic carbocycles. The summed E-state index contributed by atoms with van der Waals surface area (Å²) in [5, 5.41) is 0. The quantitative estimate of drug-likeness (QED) is 0.498. The average Bonchev–Trinajstić information content (AvgIpc) is 2.12. The Hall–Kier alpha value is 0.480. The molecule has 0 amide bonds. The monoisotopic (exact) mass is 221 g/mol. The van der Waals surface area contributed by atoms with E-state index in [1.807, 2.05) is 5.80 Å². The van der Waals surface area contributed by atoms with Gasteiger partial charge in [0.05, 0.1) is 5.75 Å². The predicted octanol–water partition coefficient (Wildman–Crippen LogP) is 3.47. The van der Waals surface area contributed by atoms with Crippen molar-refractivity contribution in [2.45, 2.75) is 51.6 Å². The van der Waals surface area contributed by atoms with Crippen LogP contribution in [0.25, 0.3) is 0 Å². The molecule has 1 N–H and O–H groups in total. The molecule has 2 unspecified atom stereocenters. The summed E-state index contributed by atoms with van der Waals surface area (Å²) in [4.78, 5) is 9.83. The van der Waals surface area contributed by atoms with Crippen LogP contribution >= 0.6 is 20.4 Å². The highest BCUT2D eigenvalue weighted by Crippen LogP contribution is 2.31. The minimum Gasteiger partial charge on any atom is -0.193 e. The van der Waals surface area contributed by atoms with Crippen molar-refractivity contribution in [3.63, 3.8) is 0 Å². The molecule has 78 valence electrons. The summed E-state index contributed by atoms with van der Waals surface area (Å²) in [7, 11) is -0.863. The van der Waals surface area contributed by atoms with Crippen LogP contribution in [0.1, 0.15) is 46.0 Å². The molecule has 0 aliphatic heterocycles. The molecule has 0 fully saturated rings. The molecule has 0 heterocycles. The molecular formula is C10H22OPS+. The zero-order valence-electron chi connectivity index (χ0n) is 8.74. The first-order chi connectivity index (χ1) is 6.26. The predicted molar refractivity (Wildman–Crippen MR) is 67.3 cm³/mol. The Morgan fingerprint density at radius 3 is 2.46 bits per heavy atom. The zero-order valence-corrected chi connectivity index (χ0v) is 10.5. The Labute approximate surface area is 88.8 Å². The first-order valence-electron chi connectivity index (χ1n) is 5.17. The summed E-state index contributed by atoms with van der Waals surface area (Å²) >= 11 is 4.11. The fraction of sp³-hybridized carbons (Fsp3) is 0.900. The van der Waals surface area contributed by atoms with Crippen LogP contribution in [-0.2, 0) is 0 Å². The fourth-order valence-electron chi connectivity index (χ4n) is 1.41. The van der Waals surface area contributed by atoms with Crippen LogP contribution < -0.4 is 0 Å². The van der Waals surface area contributed by atoms with Gasteiger partial charge in [-0.1, -0.05) is 26.7 Å². The second-order valence-electron chi connectivity index (χ2n) is 3.33. The number of thiol groups is 1. The molecule has 0 spiro atoms. The second-order valence-corrected chi connectivity index (χ2v) is 5.55. The van der Waals surface area contributed by atoms with Gasteiger partial charge in [0.2, 0.25) is 0 Å².